The molecule has 0 saturated carbocycles. The molecular weight excluding hydrogens is 335 g/mol. The number of rotatable bonds is 6. The van der Waals surface area contributed by atoms with Crippen LogP contribution in [0.15, 0.2) is 46.9 Å². The first-order valence-electron chi connectivity index (χ1n) is 6.69. The van der Waals surface area contributed by atoms with Crippen LogP contribution in [0.5, 0.6) is 5.75 Å². The first-order chi connectivity index (χ1) is 10.0. The van der Waals surface area contributed by atoms with Crippen molar-refractivity contribution in [3.63, 3.8) is 0 Å². The minimum Gasteiger partial charge on any atom is -0.489 e. The molecule has 0 heterocycles. The molecule has 0 aliphatic rings. The number of benzene rings is 2. The molecule has 0 fully saturated rings. The normalized spacial score (nSPS) is 10.4. The van der Waals surface area contributed by atoms with Gasteiger partial charge in [-0.1, -0.05) is 34.1 Å². The molecule has 2 rings (SSSR count). The van der Waals surface area contributed by atoms with Crippen molar-refractivity contribution in [3.05, 3.63) is 63.9 Å². The Labute approximate surface area is 132 Å². The van der Waals surface area contributed by atoms with E-state index in [9.17, 15) is 9.18 Å². The summed E-state index contributed by atoms with van der Waals surface area (Å²) in [6.07, 6.45) is 1.31. The zero-order chi connectivity index (χ0) is 15.2. The van der Waals surface area contributed by atoms with E-state index in [4.69, 9.17) is 4.74 Å². The van der Waals surface area contributed by atoms with Crippen LogP contribution < -0.4 is 4.74 Å². The van der Waals surface area contributed by atoms with E-state index in [2.05, 4.69) is 15.9 Å². The minimum atomic E-state index is -0.277. The van der Waals surface area contributed by atoms with Gasteiger partial charge in [0.1, 0.15) is 24.0 Å². The Bertz CT molecular complexity index is 623. The van der Waals surface area contributed by atoms with E-state index in [1.807, 2.05) is 24.3 Å². The van der Waals surface area contributed by atoms with Crippen molar-refractivity contribution in [1.82, 2.24) is 0 Å². The molecule has 0 aliphatic heterocycles. The molecule has 21 heavy (non-hydrogen) atoms. The molecule has 0 amide bonds. The van der Waals surface area contributed by atoms with Crippen molar-refractivity contribution in [2.45, 2.75) is 26.4 Å². The van der Waals surface area contributed by atoms with Gasteiger partial charge in [-0.05, 0) is 43.2 Å². The summed E-state index contributed by atoms with van der Waals surface area (Å²) in [6, 6.07) is 12.2. The third-order valence-electron chi connectivity index (χ3n) is 3.10. The molecule has 0 atom stereocenters. The number of carbonyl (C=O) groups is 1. The topological polar surface area (TPSA) is 26.3 Å². The van der Waals surface area contributed by atoms with Gasteiger partial charge in [-0.15, -0.1) is 0 Å². The number of aryl methyl sites for hydroxylation is 1. The highest BCUT2D eigenvalue weighted by atomic mass is 79.9. The van der Waals surface area contributed by atoms with E-state index < -0.39 is 0 Å². The molecule has 2 nitrogen and oxygen atoms in total. The zero-order valence-electron chi connectivity index (χ0n) is 11.7. The number of ether oxygens (including phenoxy) is 1. The van der Waals surface area contributed by atoms with Crippen molar-refractivity contribution in [3.8, 4) is 5.75 Å². The van der Waals surface area contributed by atoms with Crippen molar-refractivity contribution in [1.29, 1.82) is 0 Å². The summed E-state index contributed by atoms with van der Waals surface area (Å²) < 4.78 is 19.4. The molecule has 0 spiro atoms. The number of ketones is 1. The average molecular weight is 351 g/mol. The van der Waals surface area contributed by atoms with Gasteiger partial charge in [0.15, 0.2) is 0 Å². The SMILES string of the molecule is CC(=O)CCc1ccc(OCc2ccc(F)cc2Br)cc1. The summed E-state index contributed by atoms with van der Waals surface area (Å²) in [5.74, 6) is 0.662. The molecule has 0 aromatic heterocycles. The van der Waals surface area contributed by atoms with Gasteiger partial charge in [-0.3, -0.25) is 0 Å². The van der Waals surface area contributed by atoms with Crippen LogP contribution in [-0.4, -0.2) is 5.78 Å². The molecule has 0 aliphatic carbocycles. The first kappa shape index (κ1) is 15.7. The third-order valence-corrected chi connectivity index (χ3v) is 3.84. The van der Waals surface area contributed by atoms with Crippen molar-refractivity contribution in [2.24, 2.45) is 0 Å². The number of hydrogen-bond acceptors (Lipinski definition) is 2. The number of carbonyl (C=O) groups excluding carboxylic acids is 1. The smallest absolute Gasteiger partial charge is 0.130 e. The van der Waals surface area contributed by atoms with Crippen molar-refractivity contribution in [2.75, 3.05) is 0 Å². The van der Waals surface area contributed by atoms with Crippen molar-refractivity contribution < 1.29 is 13.9 Å². The van der Waals surface area contributed by atoms with Gasteiger partial charge in [-0.25, -0.2) is 4.39 Å². The second-order valence-corrected chi connectivity index (χ2v) is 5.72. The van der Waals surface area contributed by atoms with Gasteiger partial charge in [0.05, 0.1) is 0 Å². The van der Waals surface area contributed by atoms with E-state index in [-0.39, 0.29) is 11.6 Å². The second-order valence-electron chi connectivity index (χ2n) is 4.87. The van der Waals surface area contributed by atoms with Crippen LogP contribution in [-0.2, 0) is 17.8 Å². The maximum atomic E-state index is 13.0. The Morgan fingerprint density at radius 2 is 1.90 bits per heavy atom. The lowest BCUT2D eigenvalue weighted by Crippen LogP contribution is -1.98. The molecule has 0 N–H and O–H groups in total. The summed E-state index contributed by atoms with van der Waals surface area (Å²) in [4.78, 5) is 10.9. The largest absolute Gasteiger partial charge is 0.489 e. The Balaban J connectivity index is 1.92. The van der Waals surface area contributed by atoms with E-state index in [1.54, 1.807) is 13.0 Å². The highest BCUT2D eigenvalue weighted by molar-refractivity contribution is 9.10. The summed E-state index contributed by atoms with van der Waals surface area (Å²) in [7, 11) is 0. The molecule has 110 valence electrons. The van der Waals surface area contributed by atoms with E-state index >= 15 is 0 Å². The minimum absolute atomic E-state index is 0.191. The maximum absolute atomic E-state index is 13.0. The van der Waals surface area contributed by atoms with Gasteiger partial charge in [0.2, 0.25) is 0 Å². The monoisotopic (exact) mass is 350 g/mol. The van der Waals surface area contributed by atoms with E-state index in [1.165, 1.54) is 12.1 Å². The van der Waals surface area contributed by atoms with Gasteiger partial charge in [-0.2, -0.15) is 0 Å². The Hall–Kier alpha value is -1.68. The van der Waals surface area contributed by atoms with Crippen LogP contribution in [0, 0.1) is 5.82 Å². The fourth-order valence-corrected chi connectivity index (χ4v) is 2.34. The molecule has 0 radical (unpaired) electrons. The van der Waals surface area contributed by atoms with Crippen LogP contribution in [0.25, 0.3) is 0 Å². The summed E-state index contributed by atoms with van der Waals surface area (Å²) >= 11 is 3.31. The van der Waals surface area contributed by atoms with Crippen LogP contribution >= 0.6 is 15.9 Å². The fraction of sp³-hybridized carbons (Fsp3) is 0.235. The molecule has 0 bridgehead atoms. The summed E-state index contributed by atoms with van der Waals surface area (Å²) in [5.41, 5.74) is 2.00. The van der Waals surface area contributed by atoms with Crippen LogP contribution in [0.1, 0.15) is 24.5 Å². The molecular formula is C17H16BrFO2. The van der Waals surface area contributed by atoms with Gasteiger partial charge < -0.3 is 9.53 Å². The first-order valence-corrected chi connectivity index (χ1v) is 7.49. The summed E-state index contributed by atoms with van der Waals surface area (Å²) in [6.45, 7) is 1.96. The fourth-order valence-electron chi connectivity index (χ4n) is 1.87. The lowest BCUT2D eigenvalue weighted by molar-refractivity contribution is -0.116. The quantitative estimate of drug-likeness (QED) is 0.755. The Morgan fingerprint density at radius 1 is 1.19 bits per heavy atom. The predicted molar refractivity (Wildman–Crippen MR) is 83.9 cm³/mol. The van der Waals surface area contributed by atoms with Gasteiger partial charge >= 0.3 is 0 Å². The molecule has 2 aromatic carbocycles. The van der Waals surface area contributed by atoms with Crippen LogP contribution in [0.2, 0.25) is 0 Å². The number of Topliss-reactive ketones (excluding diaryl/α,β-unsaturated/α-hetero) is 1. The maximum Gasteiger partial charge on any atom is 0.130 e. The standard InChI is InChI=1S/C17H16BrFO2/c1-12(20)2-3-13-4-8-16(9-5-13)21-11-14-6-7-15(19)10-17(14)18/h4-10H,2-3,11H2,1H3. The highest BCUT2D eigenvalue weighted by Crippen LogP contribution is 2.21. The summed E-state index contributed by atoms with van der Waals surface area (Å²) in [5, 5.41) is 0. The molecule has 0 unspecified atom stereocenters. The predicted octanol–water partition coefficient (Wildman–Crippen LogP) is 4.69. The Kier molecular flexibility index (Phi) is 5.51. The number of halogens is 2. The Morgan fingerprint density at radius 3 is 2.52 bits per heavy atom. The van der Waals surface area contributed by atoms with Crippen molar-refractivity contribution >= 4 is 21.7 Å². The van der Waals surface area contributed by atoms with E-state index in [0.29, 0.717) is 17.5 Å². The van der Waals surface area contributed by atoms with Crippen LogP contribution in [0.4, 0.5) is 4.39 Å². The second kappa shape index (κ2) is 7.36. The zero-order valence-corrected chi connectivity index (χ0v) is 13.3. The highest BCUT2D eigenvalue weighted by Gasteiger charge is 2.03. The molecule has 0 saturated heterocycles. The van der Waals surface area contributed by atoms with Crippen LogP contribution in [0.3, 0.4) is 0 Å². The molecule has 2 aromatic rings. The molecule has 4 heteroatoms. The number of hydrogen-bond donors (Lipinski definition) is 0. The third kappa shape index (κ3) is 4.97. The lowest BCUT2D eigenvalue weighted by atomic mass is 10.1. The average Bonchev–Trinajstić information content (AvgIpc) is 2.45. The van der Waals surface area contributed by atoms with Gasteiger partial charge in [0.25, 0.3) is 0 Å². The van der Waals surface area contributed by atoms with Gasteiger partial charge in [0, 0.05) is 16.5 Å². The lowest BCUT2D eigenvalue weighted by Gasteiger charge is -2.09. The van der Waals surface area contributed by atoms with E-state index in [0.717, 1.165) is 23.3 Å².